The second-order valence-corrected chi connectivity index (χ2v) is 6.37. The van der Waals surface area contributed by atoms with Gasteiger partial charge in [-0.05, 0) is 29.7 Å². The van der Waals surface area contributed by atoms with Gasteiger partial charge in [-0.15, -0.1) is 0 Å². The summed E-state index contributed by atoms with van der Waals surface area (Å²) in [5.41, 5.74) is 2.17. The largest absolute Gasteiger partial charge is 0.376 e. The Labute approximate surface area is 160 Å². The Hall–Kier alpha value is -3.38. The van der Waals surface area contributed by atoms with Crippen molar-refractivity contribution in [2.24, 2.45) is 0 Å². The van der Waals surface area contributed by atoms with Gasteiger partial charge in [0, 0.05) is 16.1 Å². The number of nitrogens with zero attached hydrogens (tertiary/aromatic N) is 3. The van der Waals surface area contributed by atoms with Crippen LogP contribution in [0.5, 0.6) is 0 Å². The van der Waals surface area contributed by atoms with Crippen molar-refractivity contribution in [3.05, 3.63) is 78.3 Å². The number of benzene rings is 3. The zero-order chi connectivity index (χ0) is 18.6. The lowest BCUT2D eigenvalue weighted by Crippen LogP contribution is -2.22. The van der Waals surface area contributed by atoms with Crippen molar-refractivity contribution in [3.8, 4) is 5.69 Å². The molecule has 6 nitrogen and oxygen atoms in total. The first-order valence-electron chi connectivity index (χ1n) is 8.37. The van der Waals surface area contributed by atoms with E-state index >= 15 is 0 Å². The Bertz CT molecular complexity index is 1090. The molecule has 27 heavy (non-hydrogen) atoms. The van der Waals surface area contributed by atoms with Gasteiger partial charge < -0.3 is 10.6 Å². The van der Waals surface area contributed by atoms with Crippen molar-refractivity contribution in [2.75, 3.05) is 17.2 Å². The number of halogens is 1. The summed E-state index contributed by atoms with van der Waals surface area (Å²) in [6.45, 7) is 0.122. The van der Waals surface area contributed by atoms with Gasteiger partial charge in [0.1, 0.15) is 12.7 Å². The molecule has 0 saturated heterocycles. The lowest BCUT2D eigenvalue weighted by molar-refractivity contribution is -0.114. The van der Waals surface area contributed by atoms with E-state index in [0.717, 1.165) is 16.5 Å². The van der Waals surface area contributed by atoms with Crippen LogP contribution < -0.4 is 10.6 Å². The average molecular weight is 378 g/mol. The Kier molecular flexibility index (Phi) is 4.72. The lowest BCUT2D eigenvalue weighted by Gasteiger charge is -2.13. The number of hydrogen-bond donors (Lipinski definition) is 2. The van der Waals surface area contributed by atoms with Crippen molar-refractivity contribution < 1.29 is 4.79 Å². The monoisotopic (exact) mass is 377 g/mol. The summed E-state index contributed by atoms with van der Waals surface area (Å²) in [6.07, 6.45) is 3.00. The van der Waals surface area contributed by atoms with Gasteiger partial charge in [0.25, 0.3) is 0 Å². The summed E-state index contributed by atoms with van der Waals surface area (Å²) in [5.74, 6) is -0.188. The van der Waals surface area contributed by atoms with Gasteiger partial charge >= 0.3 is 0 Å². The van der Waals surface area contributed by atoms with Gasteiger partial charge in [-0.25, -0.2) is 9.67 Å². The van der Waals surface area contributed by atoms with E-state index < -0.39 is 0 Å². The Morgan fingerprint density at radius 3 is 2.74 bits per heavy atom. The fourth-order valence-corrected chi connectivity index (χ4v) is 3.06. The molecular weight excluding hydrogens is 362 g/mol. The molecule has 0 aliphatic rings. The van der Waals surface area contributed by atoms with Crippen LogP contribution in [-0.4, -0.2) is 27.2 Å². The maximum absolute atomic E-state index is 12.5. The topological polar surface area (TPSA) is 71.8 Å². The molecule has 0 aliphatic carbocycles. The van der Waals surface area contributed by atoms with Crippen LogP contribution in [0.1, 0.15) is 0 Å². The van der Waals surface area contributed by atoms with Crippen LogP contribution >= 0.6 is 11.6 Å². The third-order valence-electron chi connectivity index (χ3n) is 4.13. The third kappa shape index (κ3) is 3.75. The van der Waals surface area contributed by atoms with Crippen molar-refractivity contribution in [1.82, 2.24) is 14.8 Å². The minimum Gasteiger partial charge on any atom is -0.376 e. The van der Waals surface area contributed by atoms with E-state index in [4.69, 9.17) is 11.6 Å². The average Bonchev–Trinajstić information content (AvgIpc) is 3.21. The standard InChI is InChI=1S/C20H16ClN5O/c21-15-8-9-19(26-13-22-12-24-26)18(10-15)25-20(27)11-23-17-7-3-5-14-4-1-2-6-16(14)17/h1-10,12-13,23H,11H2,(H,25,27). The van der Waals surface area contributed by atoms with E-state index in [1.807, 2.05) is 42.5 Å². The minimum absolute atomic E-state index is 0.122. The first kappa shape index (κ1) is 17.1. The summed E-state index contributed by atoms with van der Waals surface area (Å²) in [7, 11) is 0. The number of anilines is 2. The molecule has 4 aromatic rings. The van der Waals surface area contributed by atoms with E-state index in [1.54, 1.807) is 29.2 Å². The fraction of sp³-hybridized carbons (Fsp3) is 0.0500. The number of hydrogen-bond acceptors (Lipinski definition) is 4. The predicted octanol–water partition coefficient (Wildman–Crippen LogP) is 4.12. The number of carbonyl (C=O) groups is 1. The van der Waals surface area contributed by atoms with E-state index in [0.29, 0.717) is 16.4 Å². The van der Waals surface area contributed by atoms with Crippen molar-refractivity contribution in [2.45, 2.75) is 0 Å². The molecule has 0 fully saturated rings. The molecule has 0 saturated carbocycles. The molecule has 7 heteroatoms. The molecule has 2 N–H and O–H groups in total. The molecule has 0 unspecified atom stereocenters. The van der Waals surface area contributed by atoms with Gasteiger partial charge in [-0.1, -0.05) is 48.0 Å². The second kappa shape index (κ2) is 7.47. The molecule has 0 bridgehead atoms. The molecule has 1 amide bonds. The third-order valence-corrected chi connectivity index (χ3v) is 4.36. The maximum atomic E-state index is 12.5. The Morgan fingerprint density at radius 1 is 1.04 bits per heavy atom. The van der Waals surface area contributed by atoms with Gasteiger partial charge in [0.05, 0.1) is 17.9 Å². The number of rotatable bonds is 5. The highest BCUT2D eigenvalue weighted by Gasteiger charge is 2.10. The van der Waals surface area contributed by atoms with Crippen molar-refractivity contribution in [3.63, 3.8) is 0 Å². The SMILES string of the molecule is O=C(CNc1cccc2ccccc12)Nc1cc(Cl)ccc1-n1cncn1. The summed E-state index contributed by atoms with van der Waals surface area (Å²) in [5, 5.41) is 12.9. The highest BCUT2D eigenvalue weighted by atomic mass is 35.5. The van der Waals surface area contributed by atoms with Crippen LogP contribution in [0.25, 0.3) is 16.5 Å². The molecule has 0 spiro atoms. The molecule has 134 valence electrons. The number of amides is 1. The highest BCUT2D eigenvalue weighted by Crippen LogP contribution is 2.25. The van der Waals surface area contributed by atoms with E-state index in [9.17, 15) is 4.79 Å². The molecule has 0 radical (unpaired) electrons. The maximum Gasteiger partial charge on any atom is 0.243 e. The van der Waals surface area contributed by atoms with Gasteiger partial charge in [0.15, 0.2) is 0 Å². The van der Waals surface area contributed by atoms with Crippen LogP contribution in [0.4, 0.5) is 11.4 Å². The smallest absolute Gasteiger partial charge is 0.243 e. The molecule has 4 rings (SSSR count). The molecule has 1 aromatic heterocycles. The lowest BCUT2D eigenvalue weighted by atomic mass is 10.1. The zero-order valence-corrected chi connectivity index (χ0v) is 15.0. The van der Waals surface area contributed by atoms with Crippen LogP contribution in [0.2, 0.25) is 5.02 Å². The van der Waals surface area contributed by atoms with Crippen molar-refractivity contribution >= 4 is 39.7 Å². The van der Waals surface area contributed by atoms with E-state index in [2.05, 4.69) is 20.7 Å². The predicted molar refractivity (Wildman–Crippen MR) is 107 cm³/mol. The molecule has 3 aromatic carbocycles. The summed E-state index contributed by atoms with van der Waals surface area (Å²) in [6, 6.07) is 19.2. The first-order chi connectivity index (χ1) is 13.2. The van der Waals surface area contributed by atoms with Crippen LogP contribution in [0, 0.1) is 0 Å². The van der Waals surface area contributed by atoms with Crippen LogP contribution in [0.3, 0.4) is 0 Å². The normalized spacial score (nSPS) is 10.7. The number of fused-ring (bicyclic) bond motifs is 1. The number of aromatic nitrogens is 3. The van der Waals surface area contributed by atoms with Crippen LogP contribution in [-0.2, 0) is 4.79 Å². The number of carbonyl (C=O) groups excluding carboxylic acids is 1. The fourth-order valence-electron chi connectivity index (χ4n) is 2.89. The second-order valence-electron chi connectivity index (χ2n) is 5.93. The van der Waals surface area contributed by atoms with Crippen molar-refractivity contribution in [1.29, 1.82) is 0 Å². The molecular formula is C20H16ClN5O. The summed E-state index contributed by atoms with van der Waals surface area (Å²) >= 11 is 6.09. The van der Waals surface area contributed by atoms with E-state index in [1.165, 1.54) is 6.33 Å². The minimum atomic E-state index is -0.188. The number of nitrogens with one attached hydrogen (secondary N) is 2. The van der Waals surface area contributed by atoms with E-state index in [-0.39, 0.29) is 12.5 Å². The zero-order valence-electron chi connectivity index (χ0n) is 14.3. The molecule has 1 heterocycles. The van der Waals surface area contributed by atoms with Gasteiger partial charge in [-0.2, -0.15) is 5.10 Å². The Morgan fingerprint density at radius 2 is 1.89 bits per heavy atom. The first-order valence-corrected chi connectivity index (χ1v) is 8.74. The van der Waals surface area contributed by atoms with Gasteiger partial charge in [0.2, 0.25) is 5.91 Å². The quantitative estimate of drug-likeness (QED) is 0.548. The highest BCUT2D eigenvalue weighted by molar-refractivity contribution is 6.31. The summed E-state index contributed by atoms with van der Waals surface area (Å²) in [4.78, 5) is 16.4. The Balaban J connectivity index is 1.51. The molecule has 0 atom stereocenters. The molecule has 0 aliphatic heterocycles. The summed E-state index contributed by atoms with van der Waals surface area (Å²) < 4.78 is 1.57. The van der Waals surface area contributed by atoms with Gasteiger partial charge in [-0.3, -0.25) is 4.79 Å². The van der Waals surface area contributed by atoms with Crippen LogP contribution in [0.15, 0.2) is 73.3 Å².